The van der Waals surface area contributed by atoms with Gasteiger partial charge in [-0.15, -0.1) is 22.6 Å². The zero-order valence-corrected chi connectivity index (χ0v) is 17.6. The van der Waals surface area contributed by atoms with E-state index in [9.17, 15) is 9.18 Å². The number of hydrogen-bond acceptors (Lipinski definition) is 6. The van der Waals surface area contributed by atoms with Gasteiger partial charge in [-0.05, 0) is 69.6 Å². The summed E-state index contributed by atoms with van der Waals surface area (Å²) in [5.74, 6) is 0.273. The van der Waals surface area contributed by atoms with E-state index in [4.69, 9.17) is 0 Å². The molecule has 9 heteroatoms. The molecule has 2 N–H and O–H groups in total. The molecule has 1 saturated heterocycles. The third kappa shape index (κ3) is 6.77. The molecule has 1 aromatic heterocycles. The molecule has 3 rings (SSSR count). The van der Waals surface area contributed by atoms with Crippen LogP contribution in [0, 0.1) is 11.7 Å². The third-order valence-corrected chi connectivity index (χ3v) is 5.80. The van der Waals surface area contributed by atoms with Gasteiger partial charge in [-0.25, -0.2) is 4.39 Å². The third-order valence-electron chi connectivity index (χ3n) is 4.90. The number of piperidine rings is 1. The maximum atomic E-state index is 12.9. The molecule has 28 heavy (non-hydrogen) atoms. The predicted octanol–water partition coefficient (Wildman–Crippen LogP) is 2.85. The van der Waals surface area contributed by atoms with Crippen molar-refractivity contribution in [3.05, 3.63) is 45.7 Å². The van der Waals surface area contributed by atoms with Crippen molar-refractivity contribution in [3.8, 4) is 0 Å². The lowest BCUT2D eigenvalue weighted by molar-refractivity contribution is 0.0950. The van der Waals surface area contributed by atoms with Crippen LogP contribution in [0.4, 0.5) is 4.39 Å². The fourth-order valence-corrected chi connectivity index (χ4v) is 4.04. The fourth-order valence-electron chi connectivity index (χ4n) is 3.24. The lowest BCUT2D eigenvalue weighted by Crippen LogP contribution is -2.34. The van der Waals surface area contributed by atoms with Crippen LogP contribution < -0.4 is 10.6 Å². The Bertz CT molecular complexity index is 734. The average Bonchev–Trinajstić information content (AvgIpc) is 3.15. The van der Waals surface area contributed by atoms with E-state index >= 15 is 0 Å². The predicted molar refractivity (Wildman–Crippen MR) is 111 cm³/mol. The molecule has 154 valence electrons. The molecule has 2 aromatic rings. The molecule has 0 radical (unpaired) electrons. The highest BCUT2D eigenvalue weighted by Crippen LogP contribution is 2.22. The van der Waals surface area contributed by atoms with Gasteiger partial charge in [0, 0.05) is 6.54 Å². The Morgan fingerprint density at radius 1 is 1.25 bits per heavy atom. The largest absolute Gasteiger partial charge is 0.346 e. The summed E-state index contributed by atoms with van der Waals surface area (Å²) in [5, 5.41) is 15.5. The van der Waals surface area contributed by atoms with Crippen LogP contribution in [0.2, 0.25) is 0 Å². The van der Waals surface area contributed by atoms with E-state index < -0.39 is 0 Å². The molecule has 0 spiro atoms. The molecule has 0 unspecified atom stereocenters. The highest BCUT2D eigenvalue weighted by molar-refractivity contribution is 7.13. The second-order valence-electron chi connectivity index (χ2n) is 6.92. The molecule has 1 aliphatic heterocycles. The van der Waals surface area contributed by atoms with E-state index in [1.807, 2.05) is 7.05 Å². The number of benzene rings is 1. The second-order valence-corrected chi connectivity index (χ2v) is 7.98. The number of carbonyl (C=O) groups is 1. The summed E-state index contributed by atoms with van der Waals surface area (Å²) in [6.07, 6.45) is 3.67. The minimum atomic E-state index is -0.287. The summed E-state index contributed by atoms with van der Waals surface area (Å²) in [5.41, 5.74) is 0.843. The number of halogens is 2. The van der Waals surface area contributed by atoms with Crippen molar-refractivity contribution in [1.29, 1.82) is 0 Å². The number of nitrogens with one attached hydrogen (secondary N) is 2. The molecular weight excluding hydrogens is 401 g/mol. The number of nitrogens with zero attached hydrogens (tertiary/aromatic N) is 3. The number of carbonyl (C=O) groups excluding carboxylic acids is 1. The summed E-state index contributed by atoms with van der Waals surface area (Å²) < 4.78 is 12.9. The lowest BCUT2D eigenvalue weighted by atomic mass is 9.93. The molecule has 1 amide bonds. The van der Waals surface area contributed by atoms with Gasteiger partial charge < -0.3 is 10.6 Å². The van der Waals surface area contributed by atoms with Crippen molar-refractivity contribution in [2.75, 3.05) is 26.7 Å². The van der Waals surface area contributed by atoms with Gasteiger partial charge in [0.15, 0.2) is 0 Å². The van der Waals surface area contributed by atoms with E-state index in [1.54, 1.807) is 12.1 Å². The molecule has 0 saturated carbocycles. The van der Waals surface area contributed by atoms with Gasteiger partial charge in [-0.3, -0.25) is 9.69 Å². The Hall–Kier alpha value is -1.61. The summed E-state index contributed by atoms with van der Waals surface area (Å²) in [4.78, 5) is 14.6. The maximum Gasteiger partial charge on any atom is 0.282 e. The van der Waals surface area contributed by atoms with Crippen LogP contribution in [0.5, 0.6) is 0 Å². The minimum absolute atomic E-state index is 0. The van der Waals surface area contributed by atoms with E-state index in [0.29, 0.717) is 11.6 Å². The first-order chi connectivity index (χ1) is 13.1. The highest BCUT2D eigenvalue weighted by atomic mass is 35.5. The number of rotatable bonds is 8. The first-order valence-electron chi connectivity index (χ1n) is 9.36. The van der Waals surface area contributed by atoms with Crippen molar-refractivity contribution < 1.29 is 9.18 Å². The van der Waals surface area contributed by atoms with Crippen LogP contribution in [-0.4, -0.2) is 47.7 Å². The van der Waals surface area contributed by atoms with Crippen molar-refractivity contribution in [2.24, 2.45) is 5.92 Å². The van der Waals surface area contributed by atoms with Crippen molar-refractivity contribution >= 4 is 29.7 Å². The average molecular weight is 428 g/mol. The second kappa shape index (κ2) is 11.4. The quantitative estimate of drug-likeness (QED) is 0.677. The molecule has 6 nitrogen and oxygen atoms in total. The van der Waals surface area contributed by atoms with Crippen LogP contribution in [0.3, 0.4) is 0 Å². The maximum absolute atomic E-state index is 12.9. The first-order valence-corrected chi connectivity index (χ1v) is 10.2. The summed E-state index contributed by atoms with van der Waals surface area (Å²) in [7, 11) is 2.00. The fraction of sp³-hybridized carbons (Fsp3) is 0.526. The van der Waals surface area contributed by atoms with Gasteiger partial charge in [-0.1, -0.05) is 23.5 Å². The zero-order chi connectivity index (χ0) is 19.1. The van der Waals surface area contributed by atoms with E-state index in [1.165, 1.54) is 42.7 Å². The number of aromatic nitrogens is 2. The SMILES string of the molecule is CNCCC1CCN(Cc2nnc(C(=O)NCc3ccc(F)cc3)s2)CC1.Cl. The number of likely N-dealkylation sites (tertiary alicyclic amines) is 1. The number of amides is 1. The lowest BCUT2D eigenvalue weighted by Gasteiger charge is -2.31. The Balaban J connectivity index is 0.00000280. The summed E-state index contributed by atoms with van der Waals surface area (Å²) in [6.45, 7) is 4.31. The summed E-state index contributed by atoms with van der Waals surface area (Å²) >= 11 is 1.34. The molecular formula is C19H27ClFN5OS. The summed E-state index contributed by atoms with van der Waals surface area (Å²) in [6, 6.07) is 6.07. The Morgan fingerprint density at radius 3 is 2.64 bits per heavy atom. The van der Waals surface area contributed by atoms with E-state index in [2.05, 4.69) is 25.7 Å². The topological polar surface area (TPSA) is 70.1 Å². The molecule has 0 bridgehead atoms. The smallest absolute Gasteiger partial charge is 0.282 e. The van der Waals surface area contributed by atoms with E-state index in [-0.39, 0.29) is 24.1 Å². The van der Waals surface area contributed by atoms with E-state index in [0.717, 1.165) is 42.7 Å². The molecule has 1 fully saturated rings. The van der Waals surface area contributed by atoms with Crippen LogP contribution in [-0.2, 0) is 13.1 Å². The van der Waals surface area contributed by atoms with Gasteiger partial charge >= 0.3 is 0 Å². The van der Waals surface area contributed by atoms with Crippen LogP contribution >= 0.6 is 23.7 Å². The minimum Gasteiger partial charge on any atom is -0.346 e. The Kier molecular flexibility index (Phi) is 9.24. The van der Waals surface area contributed by atoms with Gasteiger partial charge in [0.05, 0.1) is 6.54 Å². The Morgan fingerprint density at radius 2 is 1.96 bits per heavy atom. The Labute approximate surface area is 175 Å². The van der Waals surface area contributed by atoms with Crippen molar-refractivity contribution in [3.63, 3.8) is 0 Å². The monoisotopic (exact) mass is 427 g/mol. The molecule has 2 heterocycles. The molecule has 1 aliphatic rings. The zero-order valence-electron chi connectivity index (χ0n) is 16.0. The first kappa shape index (κ1) is 22.7. The van der Waals surface area contributed by atoms with Gasteiger partial charge in [0.2, 0.25) is 5.01 Å². The van der Waals surface area contributed by atoms with Crippen LogP contribution in [0.15, 0.2) is 24.3 Å². The van der Waals surface area contributed by atoms with Gasteiger partial charge in [-0.2, -0.15) is 0 Å². The standard InChI is InChI=1S/C19H26FN5OS.ClH/c1-21-9-6-14-7-10-25(11-8-14)13-17-23-24-19(27-17)18(26)22-12-15-2-4-16(20)5-3-15;/h2-5,14,21H,6-13H2,1H3,(H,22,26);1H. The van der Waals surface area contributed by atoms with Crippen molar-refractivity contribution in [2.45, 2.75) is 32.4 Å². The molecule has 0 atom stereocenters. The van der Waals surface area contributed by atoms with Crippen molar-refractivity contribution in [1.82, 2.24) is 25.7 Å². The van der Waals surface area contributed by atoms with Gasteiger partial charge in [0.25, 0.3) is 5.91 Å². The highest BCUT2D eigenvalue weighted by Gasteiger charge is 2.21. The molecule has 1 aromatic carbocycles. The normalized spacial score (nSPS) is 15.2. The van der Waals surface area contributed by atoms with Crippen LogP contribution in [0.1, 0.15) is 39.6 Å². The number of hydrogen-bond donors (Lipinski definition) is 2. The molecule has 0 aliphatic carbocycles. The van der Waals surface area contributed by atoms with Gasteiger partial charge in [0.1, 0.15) is 10.8 Å². The van der Waals surface area contributed by atoms with Crippen LogP contribution in [0.25, 0.3) is 0 Å².